The van der Waals surface area contributed by atoms with Gasteiger partial charge in [-0.3, -0.25) is 0 Å². The van der Waals surface area contributed by atoms with Crippen molar-refractivity contribution in [1.82, 2.24) is 0 Å². The number of aromatic hydroxyl groups is 1. The molecule has 1 aromatic carbocycles. The maximum absolute atomic E-state index is 10.5. The predicted molar refractivity (Wildman–Crippen MR) is 103 cm³/mol. The zero-order valence-electron chi connectivity index (χ0n) is 14.8. The molecule has 0 saturated carbocycles. The Morgan fingerprint density at radius 3 is 2.68 bits per heavy atom. The van der Waals surface area contributed by atoms with E-state index in [2.05, 4.69) is 6.58 Å². The zero-order valence-corrected chi connectivity index (χ0v) is 15.6. The smallest absolute Gasteiger partial charge is 0.117 e. The molecule has 0 fully saturated rings. The Labute approximate surface area is 154 Å². The third-order valence-electron chi connectivity index (χ3n) is 3.93. The van der Waals surface area contributed by atoms with E-state index in [1.54, 1.807) is 25.3 Å². The highest BCUT2D eigenvalue weighted by molar-refractivity contribution is 6.32. The van der Waals surface area contributed by atoms with Crippen molar-refractivity contribution in [3.8, 4) is 5.75 Å². The number of aliphatic hydroxyl groups excluding tert-OH is 2. The lowest BCUT2D eigenvalue weighted by Gasteiger charge is -2.18. The second kappa shape index (κ2) is 11.1. The van der Waals surface area contributed by atoms with E-state index in [0.29, 0.717) is 35.6 Å². The number of rotatable bonds is 10. The summed E-state index contributed by atoms with van der Waals surface area (Å²) >= 11 is 6.14. The third-order valence-corrected chi connectivity index (χ3v) is 4.26. The van der Waals surface area contributed by atoms with Gasteiger partial charge in [-0.05, 0) is 54.2 Å². The van der Waals surface area contributed by atoms with Crippen molar-refractivity contribution < 1.29 is 20.1 Å². The number of benzene rings is 1. The van der Waals surface area contributed by atoms with Crippen LogP contribution in [0.2, 0.25) is 5.02 Å². The quantitative estimate of drug-likeness (QED) is 0.545. The van der Waals surface area contributed by atoms with E-state index in [-0.39, 0.29) is 12.4 Å². The van der Waals surface area contributed by atoms with Gasteiger partial charge in [0, 0.05) is 7.11 Å². The molecule has 4 nitrogen and oxygen atoms in total. The van der Waals surface area contributed by atoms with Crippen molar-refractivity contribution in [2.45, 2.75) is 32.3 Å². The van der Waals surface area contributed by atoms with Crippen LogP contribution < -0.4 is 0 Å². The summed E-state index contributed by atoms with van der Waals surface area (Å²) in [4.78, 5) is 0. The molecule has 1 aromatic rings. The van der Waals surface area contributed by atoms with E-state index in [9.17, 15) is 10.2 Å². The molecule has 0 radical (unpaired) electrons. The molecule has 3 N–H and O–H groups in total. The molecule has 1 rings (SSSR count). The maximum atomic E-state index is 10.5. The van der Waals surface area contributed by atoms with Crippen molar-refractivity contribution >= 4 is 17.7 Å². The summed E-state index contributed by atoms with van der Waals surface area (Å²) in [6.07, 6.45) is 4.83. The Morgan fingerprint density at radius 1 is 1.40 bits per heavy atom. The molecule has 138 valence electrons. The lowest BCUT2D eigenvalue weighted by Crippen LogP contribution is -2.15. The SMILES string of the molecule is C=C(COC)/C(=C/CO)C(O)CC/C(=C/c1ccc(O)cc1Cl)CC. The largest absolute Gasteiger partial charge is 0.508 e. The van der Waals surface area contributed by atoms with Gasteiger partial charge >= 0.3 is 0 Å². The molecule has 25 heavy (non-hydrogen) atoms. The molecule has 0 aliphatic rings. The van der Waals surface area contributed by atoms with Crippen LogP contribution in [-0.4, -0.2) is 41.7 Å². The first kappa shape index (κ1) is 21.5. The van der Waals surface area contributed by atoms with E-state index in [4.69, 9.17) is 21.4 Å². The number of phenolic OH excluding ortho intramolecular Hbond substituents is 1. The molecule has 0 saturated heterocycles. The maximum Gasteiger partial charge on any atom is 0.117 e. The number of hydrogen-bond donors (Lipinski definition) is 3. The van der Waals surface area contributed by atoms with Crippen LogP contribution in [0.1, 0.15) is 31.7 Å². The Bertz CT molecular complexity index is 635. The predicted octanol–water partition coefficient (Wildman–Crippen LogP) is 4.10. The minimum absolute atomic E-state index is 0.131. The Balaban J connectivity index is 2.82. The van der Waals surface area contributed by atoms with Gasteiger partial charge in [-0.15, -0.1) is 0 Å². The summed E-state index contributed by atoms with van der Waals surface area (Å²) in [6, 6.07) is 4.87. The Morgan fingerprint density at radius 2 is 2.12 bits per heavy atom. The van der Waals surface area contributed by atoms with Crippen molar-refractivity contribution in [2.75, 3.05) is 20.3 Å². The second-order valence-corrected chi connectivity index (χ2v) is 6.20. The van der Waals surface area contributed by atoms with E-state index < -0.39 is 6.10 Å². The molecule has 0 bridgehead atoms. The molecule has 5 heteroatoms. The van der Waals surface area contributed by atoms with E-state index in [0.717, 1.165) is 17.6 Å². The number of phenols is 1. The zero-order chi connectivity index (χ0) is 18.8. The second-order valence-electron chi connectivity index (χ2n) is 5.80. The van der Waals surface area contributed by atoms with Gasteiger partial charge in [0.2, 0.25) is 0 Å². The monoisotopic (exact) mass is 366 g/mol. The Kier molecular flexibility index (Phi) is 9.53. The van der Waals surface area contributed by atoms with Gasteiger partial charge in [0.15, 0.2) is 0 Å². The van der Waals surface area contributed by atoms with Gasteiger partial charge in [0.1, 0.15) is 5.75 Å². The van der Waals surface area contributed by atoms with Gasteiger partial charge < -0.3 is 20.1 Å². The minimum atomic E-state index is -0.722. The highest BCUT2D eigenvalue weighted by atomic mass is 35.5. The van der Waals surface area contributed by atoms with E-state index in [1.165, 1.54) is 6.07 Å². The van der Waals surface area contributed by atoms with Crippen LogP contribution in [0.4, 0.5) is 0 Å². The van der Waals surface area contributed by atoms with Crippen LogP contribution in [0.3, 0.4) is 0 Å². The first-order valence-electron chi connectivity index (χ1n) is 8.26. The summed E-state index contributed by atoms with van der Waals surface area (Å²) in [5, 5.41) is 29.5. The molecular formula is C20H27ClO4. The topological polar surface area (TPSA) is 69.9 Å². The number of hydrogen-bond acceptors (Lipinski definition) is 4. The highest BCUT2D eigenvalue weighted by Crippen LogP contribution is 2.26. The fraction of sp³-hybridized carbons (Fsp3) is 0.400. The molecule has 0 spiro atoms. The molecule has 1 atom stereocenters. The normalized spacial score (nSPS) is 13.8. The number of halogens is 1. The lowest BCUT2D eigenvalue weighted by molar-refractivity contribution is 0.189. The summed E-state index contributed by atoms with van der Waals surface area (Å²) in [5.41, 5.74) is 3.24. The van der Waals surface area contributed by atoms with Gasteiger partial charge in [-0.2, -0.15) is 0 Å². The van der Waals surface area contributed by atoms with Crippen LogP contribution in [0.15, 0.2) is 47.6 Å². The first-order chi connectivity index (χ1) is 11.9. The van der Waals surface area contributed by atoms with Crippen LogP contribution in [0.5, 0.6) is 5.75 Å². The molecule has 0 heterocycles. The molecule has 0 amide bonds. The fourth-order valence-electron chi connectivity index (χ4n) is 2.55. The van der Waals surface area contributed by atoms with Crippen LogP contribution in [0.25, 0.3) is 6.08 Å². The van der Waals surface area contributed by atoms with Gasteiger partial charge in [0.05, 0.1) is 24.3 Å². The number of aliphatic hydroxyl groups is 2. The molecule has 0 aromatic heterocycles. The number of allylic oxidation sites excluding steroid dienone is 1. The standard InChI is InChI=1S/C20H27ClO4/c1-4-15(11-16-6-7-17(23)12-19(16)21)5-8-20(24)18(9-10-22)14(2)13-25-3/h6-7,9,11-12,20,22-24H,2,4-5,8,10,13H2,1,3H3/b15-11+,18-9-. The summed E-state index contributed by atoms with van der Waals surface area (Å²) in [6.45, 7) is 6.09. The van der Waals surface area contributed by atoms with Crippen molar-refractivity contribution in [3.05, 3.63) is 58.2 Å². The van der Waals surface area contributed by atoms with Crippen LogP contribution in [-0.2, 0) is 4.74 Å². The fourth-order valence-corrected chi connectivity index (χ4v) is 2.78. The lowest BCUT2D eigenvalue weighted by atomic mass is 9.95. The first-order valence-corrected chi connectivity index (χ1v) is 8.64. The minimum Gasteiger partial charge on any atom is -0.508 e. The van der Waals surface area contributed by atoms with Gasteiger partial charge in [-0.1, -0.05) is 42.8 Å². The van der Waals surface area contributed by atoms with Crippen LogP contribution in [0, 0.1) is 0 Å². The summed E-state index contributed by atoms with van der Waals surface area (Å²) < 4.78 is 5.05. The van der Waals surface area contributed by atoms with Crippen molar-refractivity contribution in [2.24, 2.45) is 0 Å². The average Bonchev–Trinajstić information content (AvgIpc) is 2.58. The average molecular weight is 367 g/mol. The van der Waals surface area contributed by atoms with E-state index >= 15 is 0 Å². The molecule has 0 aliphatic carbocycles. The van der Waals surface area contributed by atoms with Crippen molar-refractivity contribution in [1.29, 1.82) is 0 Å². The van der Waals surface area contributed by atoms with E-state index in [1.807, 2.05) is 13.0 Å². The highest BCUT2D eigenvalue weighted by Gasteiger charge is 2.14. The summed E-state index contributed by atoms with van der Waals surface area (Å²) in [5.74, 6) is 0.131. The third kappa shape index (κ3) is 7.04. The number of methoxy groups -OCH3 is 1. The molecular weight excluding hydrogens is 340 g/mol. The molecule has 1 unspecified atom stereocenters. The molecule has 0 aliphatic heterocycles. The van der Waals surface area contributed by atoms with Crippen LogP contribution >= 0.6 is 11.6 Å². The summed E-state index contributed by atoms with van der Waals surface area (Å²) in [7, 11) is 1.56. The Hall–Kier alpha value is -1.59. The number of ether oxygens (including phenoxy) is 1. The van der Waals surface area contributed by atoms with Gasteiger partial charge in [-0.25, -0.2) is 0 Å². The van der Waals surface area contributed by atoms with Gasteiger partial charge in [0.25, 0.3) is 0 Å². The van der Waals surface area contributed by atoms with Crippen molar-refractivity contribution in [3.63, 3.8) is 0 Å².